The van der Waals surface area contributed by atoms with Gasteiger partial charge in [0.2, 0.25) is 0 Å². The molecule has 1 fully saturated rings. The minimum atomic E-state index is -0.593. The summed E-state index contributed by atoms with van der Waals surface area (Å²) in [5.74, 6) is 0. The maximum absolute atomic E-state index is 9.81. The van der Waals surface area contributed by atoms with Gasteiger partial charge in [0, 0.05) is 13.2 Å². The van der Waals surface area contributed by atoms with Crippen LogP contribution in [-0.2, 0) is 4.74 Å². The highest BCUT2D eigenvalue weighted by atomic mass is 35.5. The highest BCUT2D eigenvalue weighted by Gasteiger charge is 2.31. The molecule has 0 aromatic carbocycles. The van der Waals surface area contributed by atoms with Gasteiger partial charge in [0.25, 0.3) is 0 Å². The van der Waals surface area contributed by atoms with Crippen LogP contribution in [0, 0.1) is 0 Å². The zero-order valence-electron chi connectivity index (χ0n) is 7.45. The van der Waals surface area contributed by atoms with E-state index in [0.717, 1.165) is 25.7 Å². The molecule has 0 atom stereocenters. The maximum atomic E-state index is 9.81. The van der Waals surface area contributed by atoms with Crippen molar-refractivity contribution >= 4 is 12.4 Å². The zero-order valence-corrected chi connectivity index (χ0v) is 8.27. The van der Waals surface area contributed by atoms with E-state index in [1.807, 2.05) is 0 Å². The Bertz CT molecular complexity index is 124. The quantitative estimate of drug-likeness (QED) is 0.682. The number of hydrogen-bond acceptors (Lipinski definition) is 3. The molecule has 0 aromatic heterocycles. The topological polar surface area (TPSA) is 55.5 Å². The van der Waals surface area contributed by atoms with Gasteiger partial charge in [0.15, 0.2) is 0 Å². The van der Waals surface area contributed by atoms with E-state index in [1.54, 1.807) is 7.11 Å². The lowest BCUT2D eigenvalue weighted by Gasteiger charge is -2.33. The average molecular weight is 196 g/mol. The highest BCUT2D eigenvalue weighted by molar-refractivity contribution is 5.85. The summed E-state index contributed by atoms with van der Waals surface area (Å²) < 4.78 is 4.93. The first kappa shape index (κ1) is 12.2. The van der Waals surface area contributed by atoms with Crippen molar-refractivity contribution in [2.45, 2.75) is 37.3 Å². The van der Waals surface area contributed by atoms with E-state index in [9.17, 15) is 5.11 Å². The van der Waals surface area contributed by atoms with E-state index in [4.69, 9.17) is 10.5 Å². The molecule has 1 rings (SSSR count). The summed E-state index contributed by atoms with van der Waals surface area (Å²) >= 11 is 0. The monoisotopic (exact) mass is 195 g/mol. The van der Waals surface area contributed by atoms with Crippen LogP contribution in [0.2, 0.25) is 0 Å². The third kappa shape index (κ3) is 3.27. The number of aliphatic hydroxyl groups is 1. The van der Waals surface area contributed by atoms with Crippen molar-refractivity contribution in [3.8, 4) is 0 Å². The van der Waals surface area contributed by atoms with Crippen molar-refractivity contribution in [1.82, 2.24) is 0 Å². The molecule has 74 valence electrons. The first-order valence-corrected chi connectivity index (χ1v) is 4.13. The molecule has 0 aromatic rings. The largest absolute Gasteiger partial charge is 0.387 e. The smallest absolute Gasteiger partial charge is 0.0881 e. The fourth-order valence-corrected chi connectivity index (χ4v) is 1.59. The van der Waals surface area contributed by atoms with Gasteiger partial charge in [-0.25, -0.2) is 0 Å². The summed E-state index contributed by atoms with van der Waals surface area (Å²) in [5, 5.41) is 9.81. The molecule has 0 amide bonds. The molecule has 0 heterocycles. The van der Waals surface area contributed by atoms with E-state index < -0.39 is 5.60 Å². The highest BCUT2D eigenvalue weighted by Crippen LogP contribution is 2.27. The second kappa shape index (κ2) is 5.02. The molecule has 4 heteroatoms. The fourth-order valence-electron chi connectivity index (χ4n) is 1.59. The lowest BCUT2D eigenvalue weighted by molar-refractivity contribution is -0.0583. The van der Waals surface area contributed by atoms with Gasteiger partial charge in [-0.2, -0.15) is 0 Å². The average Bonchev–Trinajstić information content (AvgIpc) is 1.97. The second-order valence-corrected chi connectivity index (χ2v) is 3.49. The molecule has 0 saturated heterocycles. The van der Waals surface area contributed by atoms with Crippen molar-refractivity contribution < 1.29 is 9.84 Å². The first-order valence-electron chi connectivity index (χ1n) is 4.13. The second-order valence-electron chi connectivity index (χ2n) is 3.49. The third-order valence-electron chi connectivity index (χ3n) is 2.37. The summed E-state index contributed by atoms with van der Waals surface area (Å²) in [4.78, 5) is 0. The van der Waals surface area contributed by atoms with E-state index in [0.29, 0.717) is 6.61 Å². The molecular weight excluding hydrogens is 178 g/mol. The van der Waals surface area contributed by atoms with Gasteiger partial charge in [0.1, 0.15) is 0 Å². The predicted molar refractivity (Wildman–Crippen MR) is 50.5 cm³/mol. The maximum Gasteiger partial charge on any atom is 0.0881 e. The fraction of sp³-hybridized carbons (Fsp3) is 1.00. The van der Waals surface area contributed by atoms with Crippen LogP contribution in [0.15, 0.2) is 0 Å². The van der Waals surface area contributed by atoms with Gasteiger partial charge in [-0.05, 0) is 25.7 Å². The van der Waals surface area contributed by atoms with Crippen LogP contribution in [0.3, 0.4) is 0 Å². The Morgan fingerprint density at radius 2 is 2.00 bits per heavy atom. The molecule has 0 aliphatic heterocycles. The summed E-state index contributed by atoms with van der Waals surface area (Å²) in [6.07, 6.45) is 3.39. The minimum Gasteiger partial charge on any atom is -0.387 e. The predicted octanol–water partition coefficient (Wildman–Crippen LogP) is 0.687. The molecular formula is C8H18ClNO2. The van der Waals surface area contributed by atoms with Crippen LogP contribution < -0.4 is 5.73 Å². The lowest BCUT2D eigenvalue weighted by atomic mass is 9.83. The molecule has 0 unspecified atom stereocenters. The Balaban J connectivity index is 0.00000121. The van der Waals surface area contributed by atoms with Crippen molar-refractivity contribution in [3.05, 3.63) is 0 Å². The summed E-state index contributed by atoms with van der Waals surface area (Å²) in [7, 11) is 1.62. The normalized spacial score (nSPS) is 35.8. The number of methoxy groups -OCH3 is 1. The Morgan fingerprint density at radius 1 is 1.50 bits per heavy atom. The SMILES string of the molecule is COCC1(O)CCC(N)CC1.Cl. The molecule has 12 heavy (non-hydrogen) atoms. The summed E-state index contributed by atoms with van der Waals surface area (Å²) in [6, 6.07) is 0.284. The molecule has 1 aliphatic rings. The molecule has 0 bridgehead atoms. The van der Waals surface area contributed by atoms with E-state index in [1.165, 1.54) is 0 Å². The van der Waals surface area contributed by atoms with Crippen molar-refractivity contribution in [1.29, 1.82) is 0 Å². The number of hydrogen-bond donors (Lipinski definition) is 2. The number of halogens is 1. The zero-order chi connectivity index (χ0) is 8.32. The number of rotatable bonds is 2. The van der Waals surface area contributed by atoms with Crippen LogP contribution in [-0.4, -0.2) is 30.5 Å². The van der Waals surface area contributed by atoms with Gasteiger partial charge in [0.05, 0.1) is 12.2 Å². The van der Waals surface area contributed by atoms with Crippen LogP contribution >= 0.6 is 12.4 Å². The Hall–Kier alpha value is 0.170. The lowest BCUT2D eigenvalue weighted by Crippen LogP contribution is -2.41. The number of nitrogens with two attached hydrogens (primary N) is 1. The van der Waals surface area contributed by atoms with Crippen LogP contribution in [0.5, 0.6) is 0 Å². The van der Waals surface area contributed by atoms with Gasteiger partial charge in [-0.1, -0.05) is 0 Å². The molecule has 0 spiro atoms. The third-order valence-corrected chi connectivity index (χ3v) is 2.37. The van der Waals surface area contributed by atoms with E-state index in [-0.39, 0.29) is 18.4 Å². The van der Waals surface area contributed by atoms with Gasteiger partial charge in [-0.15, -0.1) is 12.4 Å². The molecule has 3 N–H and O–H groups in total. The van der Waals surface area contributed by atoms with Crippen molar-refractivity contribution in [2.24, 2.45) is 5.73 Å². The standard InChI is InChI=1S/C8H17NO2.ClH/c1-11-6-8(10)4-2-7(9)3-5-8;/h7,10H,2-6,9H2,1H3;1H. The Kier molecular flexibility index (Phi) is 5.09. The van der Waals surface area contributed by atoms with Crippen LogP contribution in [0.1, 0.15) is 25.7 Å². The minimum absolute atomic E-state index is 0. The molecule has 1 saturated carbocycles. The number of ether oxygens (including phenoxy) is 1. The van der Waals surface area contributed by atoms with Crippen LogP contribution in [0.25, 0.3) is 0 Å². The molecule has 3 nitrogen and oxygen atoms in total. The van der Waals surface area contributed by atoms with Gasteiger partial charge in [-0.3, -0.25) is 0 Å². The summed E-state index contributed by atoms with van der Waals surface area (Å²) in [5.41, 5.74) is 5.11. The van der Waals surface area contributed by atoms with Gasteiger partial charge < -0.3 is 15.6 Å². The van der Waals surface area contributed by atoms with E-state index in [2.05, 4.69) is 0 Å². The van der Waals surface area contributed by atoms with Crippen molar-refractivity contribution in [2.75, 3.05) is 13.7 Å². The first-order chi connectivity index (χ1) is 5.16. The molecule has 0 radical (unpaired) electrons. The molecule has 1 aliphatic carbocycles. The van der Waals surface area contributed by atoms with Crippen LogP contribution in [0.4, 0.5) is 0 Å². The van der Waals surface area contributed by atoms with E-state index >= 15 is 0 Å². The Morgan fingerprint density at radius 3 is 2.42 bits per heavy atom. The summed E-state index contributed by atoms with van der Waals surface area (Å²) in [6.45, 7) is 0.444. The Labute approximate surface area is 79.7 Å². The van der Waals surface area contributed by atoms with Gasteiger partial charge >= 0.3 is 0 Å². The van der Waals surface area contributed by atoms with Crippen molar-refractivity contribution in [3.63, 3.8) is 0 Å².